The lowest BCUT2D eigenvalue weighted by atomic mass is 9.44. The Labute approximate surface area is 163 Å². The first-order valence-electron chi connectivity index (χ1n) is 11.1. The molecule has 0 aromatic carbocycles. The summed E-state index contributed by atoms with van der Waals surface area (Å²) in [6.07, 6.45) is 10.3. The fourth-order valence-electron chi connectivity index (χ4n) is 8.20. The minimum Gasteiger partial charge on any atom is -0.463 e. The lowest BCUT2D eigenvalue weighted by Crippen LogP contribution is -2.54. The molecule has 4 aliphatic carbocycles. The van der Waals surface area contributed by atoms with Gasteiger partial charge in [-0.2, -0.15) is 0 Å². The number of hydrogen-bond donors (Lipinski definition) is 1. The number of carbonyl (C=O) groups is 2. The second-order valence-corrected chi connectivity index (χ2v) is 10.5. The van der Waals surface area contributed by atoms with Crippen LogP contribution >= 0.6 is 0 Å². The van der Waals surface area contributed by atoms with Crippen LogP contribution in [0.2, 0.25) is 0 Å². The van der Waals surface area contributed by atoms with E-state index in [4.69, 9.17) is 4.74 Å². The lowest BCUT2D eigenvalue weighted by molar-refractivity contribution is -0.161. The normalized spacial score (nSPS) is 48.9. The fourth-order valence-corrected chi connectivity index (χ4v) is 8.20. The highest BCUT2D eigenvalue weighted by Crippen LogP contribution is 2.67. The van der Waals surface area contributed by atoms with Gasteiger partial charge in [0, 0.05) is 12.8 Å². The van der Waals surface area contributed by atoms with Crippen LogP contribution in [0.25, 0.3) is 0 Å². The molecule has 4 rings (SSSR count). The third-order valence-electron chi connectivity index (χ3n) is 9.49. The minimum absolute atomic E-state index is 0.0682. The molecular weight excluding hydrogens is 340 g/mol. The van der Waals surface area contributed by atoms with Gasteiger partial charge in [0.1, 0.15) is 12.7 Å². The Hall–Kier alpha value is -0.900. The molecule has 4 heteroatoms. The molecule has 152 valence electrons. The largest absolute Gasteiger partial charge is 0.463 e. The molecule has 0 aromatic rings. The van der Waals surface area contributed by atoms with Crippen LogP contribution < -0.4 is 0 Å². The molecule has 0 aromatic heterocycles. The predicted octanol–water partition coefficient (Wildman–Crippen LogP) is 4.14. The first-order chi connectivity index (χ1) is 12.8. The number of rotatable bonds is 3. The third kappa shape index (κ3) is 2.97. The average molecular weight is 377 g/mol. The van der Waals surface area contributed by atoms with Crippen LogP contribution in [0, 0.1) is 40.4 Å². The molecule has 4 nitrogen and oxygen atoms in total. The topological polar surface area (TPSA) is 63.6 Å². The Bertz CT molecular complexity index is 615. The van der Waals surface area contributed by atoms with Gasteiger partial charge in [0.2, 0.25) is 0 Å². The molecule has 0 heterocycles. The Balaban J connectivity index is 1.53. The first-order valence-corrected chi connectivity index (χ1v) is 11.1. The summed E-state index contributed by atoms with van der Waals surface area (Å²) in [5, 5.41) is 9.43. The number of fused-ring (bicyclic) bond motifs is 5. The van der Waals surface area contributed by atoms with E-state index in [2.05, 4.69) is 13.8 Å². The zero-order chi connectivity index (χ0) is 19.4. The summed E-state index contributed by atoms with van der Waals surface area (Å²) in [7, 11) is 0. The lowest BCUT2D eigenvalue weighted by Gasteiger charge is -2.61. The highest BCUT2D eigenvalue weighted by molar-refractivity contribution is 5.83. The van der Waals surface area contributed by atoms with E-state index in [1.807, 2.05) is 0 Å². The van der Waals surface area contributed by atoms with Crippen molar-refractivity contribution in [3.63, 3.8) is 0 Å². The zero-order valence-corrected chi connectivity index (χ0v) is 17.2. The number of esters is 1. The van der Waals surface area contributed by atoms with Gasteiger partial charge in [-0.05, 0) is 92.3 Å². The number of hydrogen-bond acceptors (Lipinski definition) is 4. The number of ketones is 1. The second-order valence-electron chi connectivity index (χ2n) is 10.5. The summed E-state index contributed by atoms with van der Waals surface area (Å²) in [6.45, 7) is 6.08. The Morgan fingerprint density at radius 3 is 2.37 bits per heavy atom. The van der Waals surface area contributed by atoms with Crippen LogP contribution in [-0.2, 0) is 14.3 Å². The third-order valence-corrected chi connectivity index (χ3v) is 9.49. The molecule has 27 heavy (non-hydrogen) atoms. The van der Waals surface area contributed by atoms with Gasteiger partial charge in [-0.15, -0.1) is 0 Å². The maximum Gasteiger partial charge on any atom is 0.302 e. The number of aliphatic hydroxyl groups is 1. The molecule has 8 atom stereocenters. The number of aliphatic hydroxyl groups excluding tert-OH is 1. The van der Waals surface area contributed by atoms with Gasteiger partial charge in [0.25, 0.3) is 0 Å². The van der Waals surface area contributed by atoms with Crippen LogP contribution in [0.3, 0.4) is 0 Å². The van der Waals surface area contributed by atoms with Crippen molar-refractivity contribution in [2.24, 2.45) is 40.4 Å². The molecule has 0 aliphatic heterocycles. The summed E-state index contributed by atoms with van der Waals surface area (Å²) in [5.41, 5.74) is 0.457. The van der Waals surface area contributed by atoms with Crippen molar-refractivity contribution >= 4 is 11.8 Å². The van der Waals surface area contributed by atoms with E-state index in [0.717, 1.165) is 43.9 Å². The van der Waals surface area contributed by atoms with E-state index in [1.165, 1.54) is 32.6 Å². The van der Waals surface area contributed by atoms with Crippen molar-refractivity contribution in [1.29, 1.82) is 0 Å². The van der Waals surface area contributed by atoms with Crippen molar-refractivity contribution in [1.82, 2.24) is 0 Å². The summed E-state index contributed by atoms with van der Waals surface area (Å²) >= 11 is 0. The molecule has 4 saturated carbocycles. The van der Waals surface area contributed by atoms with Gasteiger partial charge in [-0.1, -0.05) is 13.8 Å². The smallest absolute Gasteiger partial charge is 0.302 e. The van der Waals surface area contributed by atoms with Gasteiger partial charge < -0.3 is 9.84 Å². The standard InChI is InChI=1S/C23H36O4/c1-14(25)27-16-8-10-22(2)15(12-16)4-5-17-18-6-7-20(21(26)13-24)23(18,3)11-9-19(17)22/h15-20,24H,4-13H2,1-3H3/t15-,16-,17+,18+,19+,20+,22-,23+/m1/s1. The van der Waals surface area contributed by atoms with Gasteiger partial charge in [0.15, 0.2) is 5.78 Å². The molecule has 4 aliphatic rings. The average Bonchev–Trinajstić information content (AvgIpc) is 2.98. The van der Waals surface area contributed by atoms with E-state index >= 15 is 0 Å². The molecule has 0 spiro atoms. The summed E-state index contributed by atoms with van der Waals surface area (Å²) < 4.78 is 5.56. The Kier molecular flexibility index (Phi) is 4.93. The van der Waals surface area contributed by atoms with Gasteiger partial charge in [0.05, 0.1) is 0 Å². The van der Waals surface area contributed by atoms with E-state index in [9.17, 15) is 14.7 Å². The molecular formula is C23H36O4. The van der Waals surface area contributed by atoms with Crippen LogP contribution in [-0.4, -0.2) is 29.6 Å². The molecule has 0 radical (unpaired) electrons. The fraction of sp³-hybridized carbons (Fsp3) is 0.913. The predicted molar refractivity (Wildman–Crippen MR) is 103 cm³/mol. The maximum absolute atomic E-state index is 12.4. The monoisotopic (exact) mass is 376 g/mol. The molecule has 0 bridgehead atoms. The van der Waals surface area contributed by atoms with Crippen LogP contribution in [0.5, 0.6) is 0 Å². The van der Waals surface area contributed by atoms with E-state index in [1.54, 1.807) is 0 Å². The molecule has 0 unspecified atom stereocenters. The highest BCUT2D eigenvalue weighted by atomic mass is 16.5. The van der Waals surface area contributed by atoms with Crippen molar-refractivity contribution in [2.45, 2.75) is 84.7 Å². The van der Waals surface area contributed by atoms with Gasteiger partial charge >= 0.3 is 5.97 Å². The van der Waals surface area contributed by atoms with Crippen molar-refractivity contribution in [2.75, 3.05) is 6.61 Å². The van der Waals surface area contributed by atoms with Crippen molar-refractivity contribution in [3.05, 3.63) is 0 Å². The number of carbonyl (C=O) groups excluding carboxylic acids is 2. The number of ether oxygens (including phenoxy) is 1. The quantitative estimate of drug-likeness (QED) is 0.752. The summed E-state index contributed by atoms with van der Waals surface area (Å²) in [6, 6.07) is 0. The molecule has 0 amide bonds. The van der Waals surface area contributed by atoms with E-state index < -0.39 is 0 Å². The van der Waals surface area contributed by atoms with Crippen molar-refractivity contribution in [3.8, 4) is 0 Å². The highest BCUT2D eigenvalue weighted by Gasteiger charge is 2.61. The molecule has 0 saturated heterocycles. The van der Waals surface area contributed by atoms with E-state index in [-0.39, 0.29) is 35.8 Å². The van der Waals surface area contributed by atoms with Gasteiger partial charge in [-0.25, -0.2) is 0 Å². The Morgan fingerprint density at radius 2 is 1.67 bits per heavy atom. The van der Waals surface area contributed by atoms with Crippen LogP contribution in [0.1, 0.15) is 78.6 Å². The second kappa shape index (κ2) is 6.86. The first kappa shape index (κ1) is 19.4. The SMILES string of the molecule is CC(=O)O[C@@H]1CC[C@]2(C)[C@H](CC[C@@H]3[C@@H]2CC[C@]2(C)[C@H](C(=O)CO)CC[C@@H]32)C1. The summed E-state index contributed by atoms with van der Waals surface area (Å²) in [5.74, 6) is 2.77. The Morgan fingerprint density at radius 1 is 0.963 bits per heavy atom. The van der Waals surface area contributed by atoms with Gasteiger partial charge in [-0.3, -0.25) is 9.59 Å². The molecule has 4 fully saturated rings. The maximum atomic E-state index is 12.4. The van der Waals surface area contributed by atoms with E-state index in [0.29, 0.717) is 17.3 Å². The summed E-state index contributed by atoms with van der Waals surface area (Å²) in [4.78, 5) is 23.7. The van der Waals surface area contributed by atoms with Crippen LogP contribution in [0.15, 0.2) is 0 Å². The minimum atomic E-state index is -0.293. The zero-order valence-electron chi connectivity index (χ0n) is 17.2. The van der Waals surface area contributed by atoms with Crippen LogP contribution in [0.4, 0.5) is 0 Å². The molecule has 1 N–H and O–H groups in total. The number of Topliss-reactive ketones (excluding diaryl/α,β-unsaturated/α-hetero) is 1. The van der Waals surface area contributed by atoms with Crippen molar-refractivity contribution < 1.29 is 19.4 Å².